The summed E-state index contributed by atoms with van der Waals surface area (Å²) in [6.07, 6.45) is -9.51. The van der Waals surface area contributed by atoms with Crippen molar-refractivity contribution in [1.82, 2.24) is 4.90 Å². The second-order valence-electron chi connectivity index (χ2n) is 16.6. The van der Waals surface area contributed by atoms with Crippen molar-refractivity contribution in [1.29, 1.82) is 0 Å². The van der Waals surface area contributed by atoms with Crippen LogP contribution in [0.25, 0.3) is 0 Å². The van der Waals surface area contributed by atoms with E-state index in [1.165, 1.54) is 14.0 Å². The number of carbonyl (C=O) groups is 1. The molecule has 0 aliphatic carbocycles. The maximum atomic E-state index is 14.1. The molecule has 0 amide bonds. The van der Waals surface area contributed by atoms with Crippen molar-refractivity contribution in [3.05, 3.63) is 0 Å². The van der Waals surface area contributed by atoms with Crippen LogP contribution in [0.15, 0.2) is 5.16 Å². The summed E-state index contributed by atoms with van der Waals surface area (Å²) in [5.41, 5.74) is -4.68. The molecule has 6 N–H and O–H groups in total. The maximum Gasteiger partial charge on any atom is 0.311 e. The van der Waals surface area contributed by atoms with Gasteiger partial charge < -0.3 is 64.1 Å². The van der Waals surface area contributed by atoms with Crippen molar-refractivity contribution >= 4 is 11.7 Å². The van der Waals surface area contributed by atoms with Gasteiger partial charge in [-0.25, -0.2) is 0 Å². The van der Waals surface area contributed by atoms with Crippen LogP contribution in [0.3, 0.4) is 0 Å². The van der Waals surface area contributed by atoms with E-state index in [1.54, 1.807) is 55.4 Å². The number of ether oxygens (including phenoxy) is 6. The van der Waals surface area contributed by atoms with Crippen molar-refractivity contribution in [2.75, 3.05) is 21.2 Å². The highest BCUT2D eigenvalue weighted by Crippen LogP contribution is 2.41. The molecular weight excluding hydrogens is 680 g/mol. The Morgan fingerprint density at radius 2 is 1.54 bits per heavy atom. The number of hydrogen-bond donors (Lipinski definition) is 6. The number of methoxy groups -OCH3 is 1. The van der Waals surface area contributed by atoms with Crippen molar-refractivity contribution in [2.24, 2.45) is 28.8 Å². The zero-order chi connectivity index (χ0) is 39.7. The average Bonchev–Trinajstić information content (AvgIpc) is 3.06. The van der Waals surface area contributed by atoms with Gasteiger partial charge in [0.1, 0.15) is 23.9 Å². The first-order chi connectivity index (χ1) is 24.0. The first kappa shape index (κ1) is 44.9. The molecule has 3 rings (SSSR count). The minimum absolute atomic E-state index is 0.0657. The van der Waals surface area contributed by atoms with E-state index < -0.39 is 102 Å². The predicted molar refractivity (Wildman–Crippen MR) is 190 cm³/mol. The summed E-state index contributed by atoms with van der Waals surface area (Å²) in [6.45, 7) is 16.6. The lowest BCUT2D eigenvalue weighted by atomic mass is 9.73. The molecular formula is C37H68N2O13. The van der Waals surface area contributed by atoms with Crippen LogP contribution in [0.2, 0.25) is 0 Å². The van der Waals surface area contributed by atoms with Gasteiger partial charge in [0, 0.05) is 37.3 Å². The highest BCUT2D eigenvalue weighted by atomic mass is 16.7. The molecule has 304 valence electrons. The van der Waals surface area contributed by atoms with Gasteiger partial charge in [-0.15, -0.1) is 0 Å². The van der Waals surface area contributed by atoms with Crippen LogP contribution in [0.1, 0.15) is 94.9 Å². The summed E-state index contributed by atoms with van der Waals surface area (Å²) in [6, 6.07) is -0.322. The van der Waals surface area contributed by atoms with Crippen LogP contribution in [-0.4, -0.2) is 153 Å². The average molecular weight is 749 g/mol. The highest BCUT2D eigenvalue weighted by molar-refractivity contribution is 5.88. The summed E-state index contributed by atoms with van der Waals surface area (Å²) in [4.78, 5) is 16.0. The molecule has 18 atom stereocenters. The summed E-state index contributed by atoms with van der Waals surface area (Å²) >= 11 is 0. The third-order valence-corrected chi connectivity index (χ3v) is 12.0. The van der Waals surface area contributed by atoms with Crippen molar-refractivity contribution in [3.63, 3.8) is 0 Å². The molecule has 3 fully saturated rings. The van der Waals surface area contributed by atoms with E-state index in [-0.39, 0.29) is 37.1 Å². The van der Waals surface area contributed by atoms with Crippen LogP contribution in [-0.2, 0) is 33.2 Å². The number of likely N-dealkylation sites (N-methyl/N-ethyl adjacent to an activating group) is 1. The fourth-order valence-electron chi connectivity index (χ4n) is 8.61. The number of rotatable bonds is 7. The normalized spacial score (nSPS) is 49.8. The zero-order valence-electron chi connectivity index (χ0n) is 33.4. The van der Waals surface area contributed by atoms with E-state index >= 15 is 0 Å². The van der Waals surface area contributed by atoms with Crippen LogP contribution in [0.5, 0.6) is 0 Å². The molecule has 0 bridgehead atoms. The third-order valence-electron chi connectivity index (χ3n) is 12.0. The van der Waals surface area contributed by atoms with Gasteiger partial charge in [-0.3, -0.25) is 4.79 Å². The van der Waals surface area contributed by atoms with Crippen LogP contribution >= 0.6 is 0 Å². The molecule has 3 unspecified atom stereocenters. The molecule has 0 radical (unpaired) electrons. The lowest BCUT2D eigenvalue weighted by molar-refractivity contribution is -0.317. The number of cyclic esters (lactones) is 1. The van der Waals surface area contributed by atoms with Crippen LogP contribution < -0.4 is 0 Å². The molecule has 0 aromatic rings. The summed E-state index contributed by atoms with van der Waals surface area (Å²) in [5.74, 6) is -4.24. The number of aliphatic hydroxyl groups is 5. The molecule has 3 aliphatic rings. The summed E-state index contributed by atoms with van der Waals surface area (Å²) in [5, 5.41) is 71.8. The van der Waals surface area contributed by atoms with Gasteiger partial charge >= 0.3 is 5.97 Å². The van der Waals surface area contributed by atoms with E-state index in [4.69, 9.17) is 28.4 Å². The zero-order valence-corrected chi connectivity index (χ0v) is 33.4. The van der Waals surface area contributed by atoms with E-state index in [1.807, 2.05) is 25.9 Å². The highest BCUT2D eigenvalue weighted by Gasteiger charge is 2.53. The van der Waals surface area contributed by atoms with E-state index in [9.17, 15) is 35.5 Å². The lowest BCUT2D eigenvalue weighted by Gasteiger charge is -2.49. The number of nitrogens with zero attached hydrogens (tertiary/aromatic N) is 2. The van der Waals surface area contributed by atoms with Gasteiger partial charge in [-0.1, -0.05) is 32.9 Å². The number of carbonyl (C=O) groups excluding carboxylic acids is 1. The number of oxime groups is 1. The first-order valence-electron chi connectivity index (χ1n) is 18.7. The Bertz CT molecular complexity index is 1200. The van der Waals surface area contributed by atoms with Crippen molar-refractivity contribution < 1.29 is 64.0 Å². The quantitative estimate of drug-likeness (QED) is 0.125. The van der Waals surface area contributed by atoms with E-state index in [0.29, 0.717) is 6.42 Å². The number of aliphatic hydroxyl groups excluding tert-OH is 3. The standard InChI is InChI=1S/C37H68N2O13/c1-14-25-37(10,45)30(41)20(4)27(38-46)18(2)16-35(8,44)32(52-34-28(40)24(39(11)12)15-19(3)48-34)21(5)29(22(6)33(43)50-25)51-26-17-36(9,47-13)31(42)23(7)49-26/h18-26,28-32,34,40-42,44-46H,14-17H2,1-13H3/b38-27+/t18-,19+,20+,21+,22-,23+,24+,25-,26?,28?,29+,30-,31-,32-,34?,35-,36-,37-/m1/s1. The molecule has 3 aliphatic heterocycles. The smallest absolute Gasteiger partial charge is 0.311 e. The second-order valence-corrected chi connectivity index (χ2v) is 16.6. The number of esters is 1. The van der Waals surface area contributed by atoms with E-state index in [2.05, 4.69) is 5.16 Å². The van der Waals surface area contributed by atoms with Gasteiger partial charge in [0.05, 0.1) is 53.4 Å². The third kappa shape index (κ3) is 9.47. The molecule has 0 saturated carbocycles. The molecule has 0 aromatic carbocycles. The largest absolute Gasteiger partial charge is 0.459 e. The van der Waals surface area contributed by atoms with Gasteiger partial charge in [0.15, 0.2) is 12.6 Å². The monoisotopic (exact) mass is 748 g/mol. The van der Waals surface area contributed by atoms with Crippen molar-refractivity contribution in [3.8, 4) is 0 Å². The minimum Gasteiger partial charge on any atom is -0.459 e. The fourth-order valence-corrected chi connectivity index (χ4v) is 8.61. The Labute approximate surface area is 309 Å². The molecule has 52 heavy (non-hydrogen) atoms. The SMILES string of the molecule is CC[C@H]1OC(=O)[C@H](C)[C@@H](OC2C[C@@](C)(OC)[C@H](O)[C@H](C)O2)[C@H](C)[C@@H](OC2O[C@@H](C)C[C@H](N(C)C)C2O)[C@](C)(O)C[C@@H](C)/C(=N\O)[C@H](C)[C@@H](O)[C@]1(C)O. The number of hydrogen-bond acceptors (Lipinski definition) is 15. The van der Waals surface area contributed by atoms with Crippen molar-refractivity contribution in [2.45, 2.75) is 179 Å². The van der Waals surface area contributed by atoms with Crippen LogP contribution in [0, 0.1) is 23.7 Å². The summed E-state index contributed by atoms with van der Waals surface area (Å²) in [7, 11) is 5.19. The Kier molecular flexibility index (Phi) is 15.1. The molecule has 3 heterocycles. The van der Waals surface area contributed by atoms with Gasteiger partial charge in [-0.2, -0.15) is 0 Å². The first-order valence-corrected chi connectivity index (χ1v) is 18.7. The Balaban J connectivity index is 2.21. The van der Waals surface area contributed by atoms with E-state index in [0.717, 1.165) is 0 Å². The minimum atomic E-state index is -1.97. The van der Waals surface area contributed by atoms with Gasteiger partial charge in [0.2, 0.25) is 0 Å². The summed E-state index contributed by atoms with van der Waals surface area (Å²) < 4.78 is 37.2. The second kappa shape index (κ2) is 17.5. The molecule has 15 nitrogen and oxygen atoms in total. The predicted octanol–water partition coefficient (Wildman–Crippen LogP) is 2.05. The lowest BCUT2D eigenvalue weighted by Crippen LogP contribution is -2.61. The topological polar surface area (TPSA) is 209 Å². The Morgan fingerprint density at radius 3 is 2.08 bits per heavy atom. The Hall–Kier alpha value is -1.50. The molecule has 15 heteroatoms. The molecule has 3 saturated heterocycles. The molecule has 0 aromatic heterocycles. The van der Waals surface area contributed by atoms with Gasteiger partial charge in [0.25, 0.3) is 0 Å². The molecule has 0 spiro atoms. The Morgan fingerprint density at radius 1 is 0.923 bits per heavy atom. The van der Waals surface area contributed by atoms with Gasteiger partial charge in [-0.05, 0) is 74.9 Å². The maximum absolute atomic E-state index is 14.1. The van der Waals surface area contributed by atoms with Crippen LogP contribution in [0.4, 0.5) is 0 Å². The fraction of sp³-hybridized carbons (Fsp3) is 0.946.